The van der Waals surface area contributed by atoms with Crippen molar-refractivity contribution in [2.75, 3.05) is 46.3 Å². The maximum absolute atomic E-state index is 6.20. The Morgan fingerprint density at radius 2 is 1.79 bits per heavy atom. The number of piperidine rings is 1. The average molecular weight is 268 g/mol. The Morgan fingerprint density at radius 3 is 2.26 bits per heavy atom. The topological polar surface area (TPSA) is 35.7 Å². The Labute approximate surface area is 118 Å². The Kier molecular flexibility index (Phi) is 4.88. The van der Waals surface area contributed by atoms with Crippen molar-refractivity contribution in [1.29, 1.82) is 0 Å². The molecular weight excluding hydrogens is 236 g/mol. The molecule has 0 aromatic carbocycles. The summed E-state index contributed by atoms with van der Waals surface area (Å²) in [5, 5.41) is 0. The lowest BCUT2D eigenvalue weighted by Gasteiger charge is -2.53. The number of rotatable bonds is 3. The molecule has 4 nitrogen and oxygen atoms in total. The molecule has 0 aromatic rings. The van der Waals surface area contributed by atoms with E-state index < -0.39 is 0 Å². The Bertz CT molecular complexity index is 286. The van der Waals surface area contributed by atoms with Crippen LogP contribution in [-0.2, 0) is 0 Å². The van der Waals surface area contributed by atoms with Crippen LogP contribution in [0.5, 0.6) is 0 Å². The van der Waals surface area contributed by atoms with E-state index in [2.05, 4.69) is 42.5 Å². The van der Waals surface area contributed by atoms with Crippen molar-refractivity contribution in [3.63, 3.8) is 0 Å². The van der Waals surface area contributed by atoms with Crippen LogP contribution in [0.2, 0.25) is 0 Å². The van der Waals surface area contributed by atoms with Gasteiger partial charge in [0.25, 0.3) is 0 Å². The molecule has 2 aliphatic rings. The summed E-state index contributed by atoms with van der Waals surface area (Å²) in [4.78, 5) is 7.74. The van der Waals surface area contributed by atoms with Crippen LogP contribution >= 0.6 is 0 Å². The number of likely N-dealkylation sites (tertiary alicyclic amines) is 1. The summed E-state index contributed by atoms with van der Waals surface area (Å²) in [5.74, 6) is 0. The first-order valence-corrected chi connectivity index (χ1v) is 7.88. The molecule has 2 heterocycles. The predicted molar refractivity (Wildman–Crippen MR) is 81.4 cm³/mol. The van der Waals surface area contributed by atoms with Crippen molar-refractivity contribution in [2.24, 2.45) is 5.73 Å². The third-order valence-corrected chi connectivity index (χ3v) is 5.45. The number of hydrogen-bond donors (Lipinski definition) is 1. The third-order valence-electron chi connectivity index (χ3n) is 5.45. The summed E-state index contributed by atoms with van der Waals surface area (Å²) >= 11 is 0. The van der Waals surface area contributed by atoms with E-state index in [9.17, 15) is 0 Å². The zero-order chi connectivity index (χ0) is 14.0. The van der Waals surface area contributed by atoms with Gasteiger partial charge >= 0.3 is 0 Å². The Hall–Kier alpha value is -0.160. The van der Waals surface area contributed by atoms with Gasteiger partial charge in [-0.1, -0.05) is 0 Å². The zero-order valence-electron chi connectivity index (χ0n) is 13.2. The van der Waals surface area contributed by atoms with Crippen LogP contribution in [0.25, 0.3) is 0 Å². The van der Waals surface area contributed by atoms with Crippen LogP contribution in [0.3, 0.4) is 0 Å². The summed E-state index contributed by atoms with van der Waals surface area (Å²) < 4.78 is 0. The maximum Gasteiger partial charge on any atom is 0.0359 e. The van der Waals surface area contributed by atoms with Crippen LogP contribution in [0, 0.1) is 0 Å². The number of nitrogens with zero attached hydrogens (tertiary/aromatic N) is 3. The van der Waals surface area contributed by atoms with E-state index in [1.165, 1.54) is 45.6 Å². The molecule has 0 bridgehead atoms. The van der Waals surface area contributed by atoms with E-state index in [1.807, 2.05) is 0 Å². The van der Waals surface area contributed by atoms with Crippen molar-refractivity contribution in [3.8, 4) is 0 Å². The van der Waals surface area contributed by atoms with Gasteiger partial charge in [0.15, 0.2) is 0 Å². The molecule has 2 rings (SSSR count). The molecule has 0 spiro atoms. The Balaban J connectivity index is 1.99. The van der Waals surface area contributed by atoms with Gasteiger partial charge in [-0.2, -0.15) is 0 Å². The van der Waals surface area contributed by atoms with Crippen LogP contribution < -0.4 is 5.73 Å². The van der Waals surface area contributed by atoms with Crippen molar-refractivity contribution in [3.05, 3.63) is 0 Å². The zero-order valence-corrected chi connectivity index (χ0v) is 13.2. The second-order valence-corrected chi connectivity index (χ2v) is 6.83. The molecule has 0 saturated carbocycles. The van der Waals surface area contributed by atoms with Gasteiger partial charge in [-0.15, -0.1) is 0 Å². The first kappa shape index (κ1) is 15.2. The molecule has 2 fully saturated rings. The predicted octanol–water partition coefficient (Wildman–Crippen LogP) is 0.824. The highest BCUT2D eigenvalue weighted by molar-refractivity contribution is 5.00. The molecule has 4 heteroatoms. The van der Waals surface area contributed by atoms with Crippen molar-refractivity contribution in [2.45, 2.75) is 51.2 Å². The summed E-state index contributed by atoms with van der Waals surface area (Å²) in [6, 6.07) is 1.33. The van der Waals surface area contributed by atoms with E-state index in [1.54, 1.807) is 0 Å². The van der Waals surface area contributed by atoms with Crippen LogP contribution in [0.1, 0.15) is 33.6 Å². The fraction of sp³-hybridized carbons (Fsp3) is 1.00. The van der Waals surface area contributed by atoms with Gasteiger partial charge in [0, 0.05) is 50.3 Å². The molecule has 2 N–H and O–H groups in total. The normalized spacial score (nSPS) is 36.0. The summed E-state index contributed by atoms with van der Waals surface area (Å²) in [5.41, 5.74) is 6.46. The lowest BCUT2D eigenvalue weighted by molar-refractivity contribution is -0.0224. The van der Waals surface area contributed by atoms with Crippen molar-refractivity contribution < 1.29 is 0 Å². The minimum Gasteiger partial charge on any atom is -0.329 e. The smallest absolute Gasteiger partial charge is 0.0359 e. The quantitative estimate of drug-likeness (QED) is 0.822. The van der Waals surface area contributed by atoms with Gasteiger partial charge in [-0.05, 0) is 47.2 Å². The van der Waals surface area contributed by atoms with E-state index in [4.69, 9.17) is 5.73 Å². The summed E-state index contributed by atoms with van der Waals surface area (Å²) in [6.45, 7) is 13.7. The lowest BCUT2D eigenvalue weighted by Crippen LogP contribution is -2.65. The molecule has 2 unspecified atom stereocenters. The average Bonchev–Trinajstić information content (AvgIpc) is 2.42. The monoisotopic (exact) mass is 268 g/mol. The maximum atomic E-state index is 6.20. The first-order chi connectivity index (χ1) is 8.98. The van der Waals surface area contributed by atoms with Gasteiger partial charge in [0.2, 0.25) is 0 Å². The second-order valence-electron chi connectivity index (χ2n) is 6.83. The number of nitrogens with two attached hydrogens (primary N) is 1. The molecule has 0 aliphatic carbocycles. The molecule has 0 aromatic heterocycles. The Morgan fingerprint density at radius 1 is 1.16 bits per heavy atom. The fourth-order valence-electron chi connectivity index (χ4n) is 3.73. The minimum absolute atomic E-state index is 0.259. The highest BCUT2D eigenvalue weighted by atomic mass is 15.3. The largest absolute Gasteiger partial charge is 0.329 e. The van der Waals surface area contributed by atoms with Gasteiger partial charge in [-0.3, -0.25) is 9.80 Å². The highest BCUT2D eigenvalue weighted by Crippen LogP contribution is 2.32. The molecular formula is C15H32N4. The third kappa shape index (κ3) is 3.13. The standard InChI is InChI=1S/C15H32N4/c1-13(2)18-7-9-19(10-8-18)15(12-16)5-6-17(4)14(3)11-15/h13-14H,5-12,16H2,1-4H3. The number of piperazine rings is 1. The molecule has 0 radical (unpaired) electrons. The van der Waals surface area contributed by atoms with Gasteiger partial charge < -0.3 is 10.6 Å². The van der Waals surface area contributed by atoms with Gasteiger partial charge in [-0.25, -0.2) is 0 Å². The van der Waals surface area contributed by atoms with Crippen LogP contribution in [0.4, 0.5) is 0 Å². The van der Waals surface area contributed by atoms with E-state index in [0.29, 0.717) is 12.1 Å². The highest BCUT2D eigenvalue weighted by Gasteiger charge is 2.41. The SMILES string of the molecule is CC1CC(CN)(N2CCN(C(C)C)CC2)CCN1C. The molecule has 112 valence electrons. The van der Waals surface area contributed by atoms with Gasteiger partial charge in [0.1, 0.15) is 0 Å². The van der Waals surface area contributed by atoms with Crippen molar-refractivity contribution in [1.82, 2.24) is 14.7 Å². The molecule has 0 amide bonds. The summed E-state index contributed by atoms with van der Waals surface area (Å²) in [7, 11) is 2.24. The van der Waals surface area contributed by atoms with Crippen molar-refractivity contribution >= 4 is 0 Å². The van der Waals surface area contributed by atoms with Gasteiger partial charge in [0.05, 0.1) is 0 Å². The number of hydrogen-bond acceptors (Lipinski definition) is 4. The molecule has 2 aliphatic heterocycles. The summed E-state index contributed by atoms with van der Waals surface area (Å²) in [6.07, 6.45) is 2.45. The van der Waals surface area contributed by atoms with Crippen LogP contribution in [0.15, 0.2) is 0 Å². The molecule has 2 saturated heterocycles. The van der Waals surface area contributed by atoms with Crippen LogP contribution in [-0.4, -0.2) is 78.6 Å². The molecule has 2 atom stereocenters. The van der Waals surface area contributed by atoms with E-state index in [-0.39, 0.29) is 5.54 Å². The molecule has 19 heavy (non-hydrogen) atoms. The first-order valence-electron chi connectivity index (χ1n) is 7.88. The van der Waals surface area contributed by atoms with E-state index >= 15 is 0 Å². The lowest BCUT2D eigenvalue weighted by atomic mass is 9.81. The fourth-order valence-corrected chi connectivity index (χ4v) is 3.73. The van der Waals surface area contributed by atoms with E-state index in [0.717, 1.165) is 6.54 Å². The second kappa shape index (κ2) is 6.08. The minimum atomic E-state index is 0.259.